The summed E-state index contributed by atoms with van der Waals surface area (Å²) in [4.78, 5) is 0.440. The van der Waals surface area contributed by atoms with Gasteiger partial charge in [-0.1, -0.05) is 31.0 Å². The molecule has 1 N–H and O–H groups in total. The van der Waals surface area contributed by atoms with Crippen molar-refractivity contribution in [1.82, 2.24) is 5.32 Å². The van der Waals surface area contributed by atoms with Crippen LogP contribution in [-0.2, 0) is 9.84 Å². The summed E-state index contributed by atoms with van der Waals surface area (Å²) in [6.45, 7) is 1.01. The summed E-state index contributed by atoms with van der Waals surface area (Å²) in [5.41, 5.74) is 0. The molecule has 0 amide bonds. The number of nitrogens with one attached hydrogen (secondary N) is 1. The molecular formula is C13H21NO2S. The monoisotopic (exact) mass is 255 g/mol. The molecule has 1 rings (SSSR count). The summed E-state index contributed by atoms with van der Waals surface area (Å²) in [5.74, 6) is 0.260. The third kappa shape index (κ3) is 5.33. The fraction of sp³-hybridized carbons (Fsp3) is 0.538. The lowest BCUT2D eigenvalue weighted by Gasteiger charge is -2.04. The van der Waals surface area contributed by atoms with E-state index in [2.05, 4.69) is 5.32 Å². The van der Waals surface area contributed by atoms with Gasteiger partial charge >= 0.3 is 0 Å². The normalized spacial score (nSPS) is 11.6. The first-order valence-electron chi connectivity index (χ1n) is 6.09. The van der Waals surface area contributed by atoms with Crippen LogP contribution in [0.25, 0.3) is 0 Å². The van der Waals surface area contributed by atoms with E-state index in [1.54, 1.807) is 24.3 Å². The Kier molecular flexibility index (Phi) is 6.22. The van der Waals surface area contributed by atoms with E-state index in [4.69, 9.17) is 0 Å². The first-order valence-corrected chi connectivity index (χ1v) is 7.74. The Morgan fingerprint density at radius 2 is 1.65 bits per heavy atom. The van der Waals surface area contributed by atoms with Crippen LogP contribution in [0.3, 0.4) is 0 Å². The van der Waals surface area contributed by atoms with Gasteiger partial charge in [-0.25, -0.2) is 8.42 Å². The van der Waals surface area contributed by atoms with Crippen molar-refractivity contribution in [3.8, 4) is 0 Å². The maximum Gasteiger partial charge on any atom is 0.178 e. The summed E-state index contributed by atoms with van der Waals surface area (Å²) < 4.78 is 23.8. The fourth-order valence-corrected chi connectivity index (χ4v) is 3.08. The molecule has 1 aromatic carbocycles. The van der Waals surface area contributed by atoms with Crippen molar-refractivity contribution < 1.29 is 8.42 Å². The van der Waals surface area contributed by atoms with E-state index in [1.165, 1.54) is 0 Å². The lowest BCUT2D eigenvalue weighted by atomic mass is 10.2. The standard InChI is InChI=1S/C13H21NO2S/c1-14-11-7-2-3-8-12-17(15,16)13-9-5-4-6-10-13/h4-6,9-10,14H,2-3,7-8,11-12H2,1H3. The number of rotatable bonds is 8. The second-order valence-corrected chi connectivity index (χ2v) is 6.26. The molecule has 0 spiro atoms. The van der Waals surface area contributed by atoms with Gasteiger partial charge in [0.05, 0.1) is 10.6 Å². The molecule has 0 bridgehead atoms. The van der Waals surface area contributed by atoms with Crippen LogP contribution in [0.15, 0.2) is 35.2 Å². The SMILES string of the molecule is CNCCCCCCS(=O)(=O)c1ccccc1. The predicted octanol–water partition coefficient (Wildman–Crippen LogP) is 2.24. The highest BCUT2D eigenvalue weighted by Crippen LogP contribution is 2.12. The van der Waals surface area contributed by atoms with Crippen LogP contribution in [-0.4, -0.2) is 27.8 Å². The van der Waals surface area contributed by atoms with Gasteiger partial charge in [0.2, 0.25) is 0 Å². The van der Waals surface area contributed by atoms with Crippen LogP contribution in [0.5, 0.6) is 0 Å². The van der Waals surface area contributed by atoms with Gasteiger partial charge in [-0.05, 0) is 38.6 Å². The molecule has 17 heavy (non-hydrogen) atoms. The molecule has 0 unspecified atom stereocenters. The Balaban J connectivity index is 2.31. The van der Waals surface area contributed by atoms with Crippen molar-refractivity contribution in [2.45, 2.75) is 30.6 Å². The largest absolute Gasteiger partial charge is 0.320 e. The van der Waals surface area contributed by atoms with Gasteiger partial charge in [-0.3, -0.25) is 0 Å². The Morgan fingerprint density at radius 3 is 2.29 bits per heavy atom. The molecule has 3 nitrogen and oxygen atoms in total. The smallest absolute Gasteiger partial charge is 0.178 e. The van der Waals surface area contributed by atoms with Crippen molar-refractivity contribution in [2.75, 3.05) is 19.3 Å². The minimum absolute atomic E-state index is 0.260. The Hall–Kier alpha value is -0.870. The number of hydrogen-bond acceptors (Lipinski definition) is 3. The van der Waals surface area contributed by atoms with Crippen molar-refractivity contribution in [2.24, 2.45) is 0 Å². The molecule has 0 aromatic heterocycles. The van der Waals surface area contributed by atoms with E-state index in [1.807, 2.05) is 13.1 Å². The van der Waals surface area contributed by atoms with Crippen LogP contribution >= 0.6 is 0 Å². The minimum Gasteiger partial charge on any atom is -0.320 e. The average molecular weight is 255 g/mol. The van der Waals surface area contributed by atoms with E-state index < -0.39 is 9.84 Å². The van der Waals surface area contributed by atoms with Gasteiger partial charge < -0.3 is 5.32 Å². The minimum atomic E-state index is -3.07. The highest BCUT2D eigenvalue weighted by molar-refractivity contribution is 7.91. The highest BCUT2D eigenvalue weighted by atomic mass is 32.2. The van der Waals surface area contributed by atoms with Crippen molar-refractivity contribution >= 4 is 9.84 Å². The number of benzene rings is 1. The predicted molar refractivity (Wildman–Crippen MR) is 70.9 cm³/mol. The molecule has 0 saturated heterocycles. The van der Waals surface area contributed by atoms with Crippen LogP contribution in [0, 0.1) is 0 Å². The Bertz CT molecular complexity index is 401. The molecule has 0 aliphatic rings. The molecule has 0 saturated carbocycles. The number of sulfone groups is 1. The maximum atomic E-state index is 11.9. The van der Waals surface area contributed by atoms with Crippen molar-refractivity contribution in [1.29, 1.82) is 0 Å². The zero-order valence-electron chi connectivity index (χ0n) is 10.4. The zero-order chi connectivity index (χ0) is 12.6. The molecule has 0 radical (unpaired) electrons. The fourth-order valence-electron chi connectivity index (χ4n) is 1.69. The molecule has 4 heteroatoms. The summed E-state index contributed by atoms with van der Waals surface area (Å²) in [6.07, 6.45) is 3.93. The molecule has 0 aliphatic carbocycles. The van der Waals surface area contributed by atoms with Gasteiger partial charge in [0.1, 0.15) is 0 Å². The lowest BCUT2D eigenvalue weighted by Crippen LogP contribution is -2.08. The lowest BCUT2D eigenvalue weighted by molar-refractivity contribution is 0.585. The van der Waals surface area contributed by atoms with Gasteiger partial charge in [0.15, 0.2) is 9.84 Å². The van der Waals surface area contributed by atoms with Crippen LogP contribution < -0.4 is 5.32 Å². The second kappa shape index (κ2) is 7.45. The molecular weight excluding hydrogens is 234 g/mol. The van der Waals surface area contributed by atoms with Crippen LogP contribution in [0.2, 0.25) is 0 Å². The zero-order valence-corrected chi connectivity index (χ0v) is 11.2. The molecule has 0 heterocycles. The Morgan fingerprint density at radius 1 is 1.00 bits per heavy atom. The third-order valence-electron chi connectivity index (χ3n) is 2.69. The Labute approximate surface area is 104 Å². The van der Waals surface area contributed by atoms with Crippen molar-refractivity contribution in [3.63, 3.8) is 0 Å². The van der Waals surface area contributed by atoms with E-state index in [0.717, 1.165) is 32.2 Å². The topological polar surface area (TPSA) is 46.2 Å². The number of hydrogen-bond donors (Lipinski definition) is 1. The van der Waals surface area contributed by atoms with Gasteiger partial charge in [-0.2, -0.15) is 0 Å². The van der Waals surface area contributed by atoms with Gasteiger partial charge in [0.25, 0.3) is 0 Å². The van der Waals surface area contributed by atoms with E-state index in [9.17, 15) is 8.42 Å². The summed E-state index contributed by atoms with van der Waals surface area (Å²) in [7, 11) is -1.14. The first-order chi connectivity index (χ1) is 8.17. The average Bonchev–Trinajstić information content (AvgIpc) is 2.35. The van der Waals surface area contributed by atoms with Crippen LogP contribution in [0.1, 0.15) is 25.7 Å². The molecule has 96 valence electrons. The summed E-state index contributed by atoms with van der Waals surface area (Å²) in [5, 5.41) is 3.08. The molecule has 1 aromatic rings. The van der Waals surface area contributed by atoms with E-state index in [0.29, 0.717) is 4.90 Å². The third-order valence-corrected chi connectivity index (χ3v) is 4.51. The first kappa shape index (κ1) is 14.2. The summed E-state index contributed by atoms with van der Waals surface area (Å²) >= 11 is 0. The van der Waals surface area contributed by atoms with Gasteiger partial charge in [-0.15, -0.1) is 0 Å². The van der Waals surface area contributed by atoms with Crippen molar-refractivity contribution in [3.05, 3.63) is 30.3 Å². The van der Waals surface area contributed by atoms with Crippen LogP contribution in [0.4, 0.5) is 0 Å². The van der Waals surface area contributed by atoms with E-state index in [-0.39, 0.29) is 5.75 Å². The molecule has 0 fully saturated rings. The van der Waals surface area contributed by atoms with Gasteiger partial charge in [0, 0.05) is 0 Å². The molecule has 0 atom stereocenters. The molecule has 0 aliphatic heterocycles. The highest BCUT2D eigenvalue weighted by Gasteiger charge is 2.12. The maximum absolute atomic E-state index is 11.9. The summed E-state index contributed by atoms with van der Waals surface area (Å²) in [6, 6.07) is 8.68. The number of unbranched alkanes of at least 4 members (excludes halogenated alkanes) is 3. The van der Waals surface area contributed by atoms with E-state index >= 15 is 0 Å². The second-order valence-electron chi connectivity index (χ2n) is 4.15. The quantitative estimate of drug-likeness (QED) is 0.725.